The molecule has 3 amide bonds. The number of hydrogen-bond acceptors (Lipinski definition) is 4. The van der Waals surface area contributed by atoms with Gasteiger partial charge in [0.05, 0.1) is 11.3 Å². The number of thioether (sulfide) groups is 1. The number of nitrogens with zero attached hydrogens (tertiary/aromatic N) is 1. The Kier molecular flexibility index (Phi) is 6.80. The van der Waals surface area contributed by atoms with Crippen LogP contribution in [0.15, 0.2) is 53.4 Å². The summed E-state index contributed by atoms with van der Waals surface area (Å²) >= 11 is 1.28. The molecule has 6 nitrogen and oxygen atoms in total. The highest BCUT2D eigenvalue weighted by molar-refractivity contribution is 8.00. The van der Waals surface area contributed by atoms with Crippen molar-refractivity contribution < 1.29 is 14.4 Å². The average Bonchev–Trinajstić information content (AvgIpc) is 2.64. The molecule has 0 bridgehead atoms. The fourth-order valence-corrected chi connectivity index (χ4v) is 3.03. The zero-order valence-electron chi connectivity index (χ0n) is 14.9. The van der Waals surface area contributed by atoms with E-state index < -0.39 is 11.8 Å². The third-order valence-electron chi connectivity index (χ3n) is 3.58. The van der Waals surface area contributed by atoms with Crippen molar-refractivity contribution in [1.82, 2.24) is 15.8 Å². The third kappa shape index (κ3) is 5.35. The molecule has 0 aliphatic heterocycles. The summed E-state index contributed by atoms with van der Waals surface area (Å²) in [5, 5.41) is 0. The summed E-state index contributed by atoms with van der Waals surface area (Å²) in [6.07, 6.45) is 0. The van der Waals surface area contributed by atoms with Gasteiger partial charge in [-0.2, -0.15) is 0 Å². The molecule has 0 fully saturated rings. The standard InChI is InChI=1S/C19H21N3O3S/c1-13-8-10-14(11-9-13)18(24)20-21-19(25)15-6-4-5-7-16(15)26-12-17(23)22(2)3/h4-11H,12H2,1-3H3,(H,20,24)(H,21,25). The largest absolute Gasteiger partial charge is 0.348 e. The number of nitrogens with one attached hydrogen (secondary N) is 2. The van der Waals surface area contributed by atoms with Gasteiger partial charge in [-0.1, -0.05) is 29.8 Å². The van der Waals surface area contributed by atoms with E-state index in [2.05, 4.69) is 10.9 Å². The lowest BCUT2D eigenvalue weighted by Gasteiger charge is -2.12. The van der Waals surface area contributed by atoms with E-state index in [4.69, 9.17) is 0 Å². The summed E-state index contributed by atoms with van der Waals surface area (Å²) in [6.45, 7) is 1.93. The lowest BCUT2D eigenvalue weighted by atomic mass is 10.1. The normalized spacial score (nSPS) is 10.1. The molecule has 2 aromatic carbocycles. The predicted molar refractivity (Wildman–Crippen MR) is 102 cm³/mol. The molecule has 0 saturated carbocycles. The van der Waals surface area contributed by atoms with Crippen molar-refractivity contribution in [2.45, 2.75) is 11.8 Å². The maximum absolute atomic E-state index is 12.4. The van der Waals surface area contributed by atoms with Crippen LogP contribution in [0.2, 0.25) is 0 Å². The molecule has 2 rings (SSSR count). The van der Waals surface area contributed by atoms with Crippen LogP contribution in [-0.2, 0) is 4.79 Å². The van der Waals surface area contributed by atoms with Gasteiger partial charge < -0.3 is 4.90 Å². The number of aryl methyl sites for hydroxylation is 1. The van der Waals surface area contributed by atoms with Crippen molar-refractivity contribution in [1.29, 1.82) is 0 Å². The Hall–Kier alpha value is -2.80. The number of carbonyl (C=O) groups excluding carboxylic acids is 3. The van der Waals surface area contributed by atoms with E-state index in [1.165, 1.54) is 16.7 Å². The van der Waals surface area contributed by atoms with Crippen LogP contribution in [0, 0.1) is 6.92 Å². The summed E-state index contributed by atoms with van der Waals surface area (Å²) in [5.74, 6) is -0.650. The quantitative estimate of drug-likeness (QED) is 0.624. The predicted octanol–water partition coefficient (Wildman–Crippen LogP) is 2.25. The van der Waals surface area contributed by atoms with Gasteiger partial charge in [0, 0.05) is 24.6 Å². The Morgan fingerprint density at radius 2 is 1.54 bits per heavy atom. The molecular formula is C19H21N3O3S. The molecule has 26 heavy (non-hydrogen) atoms. The minimum Gasteiger partial charge on any atom is -0.348 e. The Bertz CT molecular complexity index is 804. The number of amides is 3. The zero-order chi connectivity index (χ0) is 19.1. The van der Waals surface area contributed by atoms with Crippen LogP contribution in [0.3, 0.4) is 0 Å². The van der Waals surface area contributed by atoms with Gasteiger partial charge in [0.15, 0.2) is 0 Å². The van der Waals surface area contributed by atoms with Crippen molar-refractivity contribution in [2.75, 3.05) is 19.8 Å². The van der Waals surface area contributed by atoms with Gasteiger partial charge in [-0.15, -0.1) is 11.8 Å². The smallest absolute Gasteiger partial charge is 0.270 e. The summed E-state index contributed by atoms with van der Waals surface area (Å²) in [4.78, 5) is 38.4. The fourth-order valence-electron chi connectivity index (χ4n) is 2.01. The summed E-state index contributed by atoms with van der Waals surface area (Å²) in [7, 11) is 3.37. The second-order valence-electron chi connectivity index (χ2n) is 5.85. The van der Waals surface area contributed by atoms with Crippen molar-refractivity contribution in [3.8, 4) is 0 Å². The SMILES string of the molecule is Cc1ccc(C(=O)NNC(=O)c2ccccc2SCC(=O)N(C)C)cc1. The number of rotatable bonds is 5. The van der Waals surface area contributed by atoms with Crippen LogP contribution in [0.1, 0.15) is 26.3 Å². The second-order valence-corrected chi connectivity index (χ2v) is 6.86. The highest BCUT2D eigenvalue weighted by Crippen LogP contribution is 2.22. The lowest BCUT2D eigenvalue weighted by Crippen LogP contribution is -2.41. The lowest BCUT2D eigenvalue weighted by molar-refractivity contribution is -0.125. The molecule has 0 aliphatic rings. The van der Waals surface area contributed by atoms with Crippen LogP contribution in [-0.4, -0.2) is 42.5 Å². The van der Waals surface area contributed by atoms with Gasteiger partial charge in [0.2, 0.25) is 5.91 Å². The van der Waals surface area contributed by atoms with Gasteiger partial charge in [0.1, 0.15) is 0 Å². The van der Waals surface area contributed by atoms with E-state index in [1.54, 1.807) is 50.5 Å². The first-order valence-electron chi connectivity index (χ1n) is 7.98. The van der Waals surface area contributed by atoms with E-state index in [9.17, 15) is 14.4 Å². The second kappa shape index (κ2) is 9.05. The maximum atomic E-state index is 12.4. The monoisotopic (exact) mass is 371 g/mol. The van der Waals surface area contributed by atoms with E-state index in [1.807, 2.05) is 19.1 Å². The van der Waals surface area contributed by atoms with Crippen LogP contribution >= 0.6 is 11.8 Å². The first-order valence-corrected chi connectivity index (χ1v) is 8.96. The first kappa shape index (κ1) is 19.5. The molecular weight excluding hydrogens is 350 g/mol. The summed E-state index contributed by atoms with van der Waals surface area (Å²) in [5.41, 5.74) is 6.72. The molecule has 7 heteroatoms. The number of hydrogen-bond donors (Lipinski definition) is 2. The topological polar surface area (TPSA) is 78.5 Å². The van der Waals surface area contributed by atoms with E-state index in [-0.39, 0.29) is 11.7 Å². The Labute approximate surface area is 156 Å². The first-order chi connectivity index (χ1) is 12.4. The van der Waals surface area contributed by atoms with Crippen molar-refractivity contribution in [2.24, 2.45) is 0 Å². The van der Waals surface area contributed by atoms with Crippen LogP contribution in [0.25, 0.3) is 0 Å². The van der Waals surface area contributed by atoms with Gasteiger partial charge in [-0.25, -0.2) is 0 Å². The minimum atomic E-state index is -0.439. The molecule has 0 aliphatic carbocycles. The molecule has 136 valence electrons. The Balaban J connectivity index is 1.99. The van der Waals surface area contributed by atoms with E-state index in [0.717, 1.165) is 5.56 Å². The minimum absolute atomic E-state index is 0.0436. The highest BCUT2D eigenvalue weighted by Gasteiger charge is 2.14. The Morgan fingerprint density at radius 3 is 2.19 bits per heavy atom. The van der Waals surface area contributed by atoms with Crippen molar-refractivity contribution in [3.05, 3.63) is 65.2 Å². The van der Waals surface area contributed by atoms with Gasteiger partial charge in [0.25, 0.3) is 11.8 Å². The number of benzene rings is 2. The molecule has 0 radical (unpaired) electrons. The zero-order valence-corrected chi connectivity index (χ0v) is 15.7. The van der Waals surface area contributed by atoms with Crippen LogP contribution in [0.4, 0.5) is 0 Å². The molecule has 0 atom stereocenters. The maximum Gasteiger partial charge on any atom is 0.270 e. The van der Waals surface area contributed by atoms with Gasteiger partial charge in [-0.05, 0) is 31.2 Å². The van der Waals surface area contributed by atoms with Gasteiger partial charge >= 0.3 is 0 Å². The van der Waals surface area contributed by atoms with Crippen molar-refractivity contribution >= 4 is 29.5 Å². The number of hydrazine groups is 1. The molecule has 0 saturated heterocycles. The van der Waals surface area contributed by atoms with Crippen molar-refractivity contribution in [3.63, 3.8) is 0 Å². The third-order valence-corrected chi connectivity index (χ3v) is 4.64. The number of carbonyl (C=O) groups is 3. The fraction of sp³-hybridized carbons (Fsp3) is 0.211. The average molecular weight is 371 g/mol. The van der Waals surface area contributed by atoms with E-state index in [0.29, 0.717) is 16.0 Å². The summed E-state index contributed by atoms with van der Waals surface area (Å²) in [6, 6.07) is 14.0. The molecule has 0 spiro atoms. The Morgan fingerprint density at radius 1 is 0.923 bits per heavy atom. The molecule has 0 aromatic heterocycles. The highest BCUT2D eigenvalue weighted by atomic mass is 32.2. The molecule has 0 unspecified atom stereocenters. The van der Waals surface area contributed by atoms with Crippen LogP contribution < -0.4 is 10.9 Å². The van der Waals surface area contributed by atoms with Crippen LogP contribution in [0.5, 0.6) is 0 Å². The molecule has 2 aromatic rings. The van der Waals surface area contributed by atoms with Gasteiger partial charge in [-0.3, -0.25) is 25.2 Å². The molecule has 0 heterocycles. The molecule has 2 N–H and O–H groups in total. The van der Waals surface area contributed by atoms with E-state index >= 15 is 0 Å². The summed E-state index contributed by atoms with van der Waals surface area (Å²) < 4.78 is 0.